The third-order valence-electron chi connectivity index (χ3n) is 6.67. The summed E-state index contributed by atoms with van der Waals surface area (Å²) in [6, 6.07) is 7.48. The molecular weight excluding hydrogens is 454 g/mol. The Morgan fingerprint density at radius 3 is 2.64 bits per heavy atom. The fraction of sp³-hybridized carbons (Fsp3) is 0.607. The Kier molecular flexibility index (Phi) is 10.3. The minimum atomic E-state index is -0.228. The molecule has 1 atom stereocenters. The van der Waals surface area contributed by atoms with Crippen LogP contribution >= 0.6 is 0 Å². The molecule has 8 nitrogen and oxygen atoms in total. The summed E-state index contributed by atoms with van der Waals surface area (Å²) in [7, 11) is 1.61. The summed E-state index contributed by atoms with van der Waals surface area (Å²) in [4.78, 5) is 35.7. The second kappa shape index (κ2) is 13.4. The van der Waals surface area contributed by atoms with Gasteiger partial charge in [0.25, 0.3) is 5.56 Å². The van der Waals surface area contributed by atoms with Crippen LogP contribution < -0.4 is 20.5 Å². The number of benzene rings is 1. The van der Waals surface area contributed by atoms with Crippen molar-refractivity contribution in [3.8, 4) is 17.0 Å². The first kappa shape index (κ1) is 27.7. The molecule has 36 heavy (non-hydrogen) atoms. The number of carbonyl (C=O) groups excluding carboxylic acids is 1. The maximum absolute atomic E-state index is 13.7. The lowest BCUT2D eigenvalue weighted by atomic mass is 10.0. The highest BCUT2D eigenvalue weighted by Gasteiger charge is 2.27. The minimum absolute atomic E-state index is 0.00546. The molecule has 0 radical (unpaired) electrons. The topological polar surface area (TPSA) is 79.7 Å². The summed E-state index contributed by atoms with van der Waals surface area (Å²) in [6.07, 6.45) is 6.24. The molecule has 0 saturated carbocycles. The van der Waals surface area contributed by atoms with Crippen molar-refractivity contribution in [2.45, 2.75) is 66.0 Å². The number of aromatic nitrogens is 2. The smallest absolute Gasteiger partial charge is 0.294 e. The normalized spacial score (nSPS) is 15.6. The molecule has 1 aromatic heterocycles. The van der Waals surface area contributed by atoms with E-state index in [1.165, 1.54) is 12.8 Å². The number of hydrogen-bond acceptors (Lipinski definition) is 6. The monoisotopic (exact) mass is 497 g/mol. The summed E-state index contributed by atoms with van der Waals surface area (Å²) < 4.78 is 6.92. The van der Waals surface area contributed by atoms with E-state index in [2.05, 4.69) is 33.9 Å². The lowest BCUT2D eigenvalue weighted by Gasteiger charge is -2.23. The molecule has 0 bridgehead atoms. The molecule has 2 aromatic rings. The number of nitrogens with one attached hydrogen (secondary N) is 1. The first-order valence-electron chi connectivity index (χ1n) is 13.4. The highest BCUT2D eigenvalue weighted by atomic mass is 16.5. The van der Waals surface area contributed by atoms with Crippen LogP contribution in [0.4, 0.5) is 5.82 Å². The average molecular weight is 498 g/mol. The molecule has 1 aliphatic heterocycles. The van der Waals surface area contributed by atoms with Gasteiger partial charge in [0.05, 0.1) is 19.0 Å². The van der Waals surface area contributed by atoms with Crippen molar-refractivity contribution < 1.29 is 9.53 Å². The van der Waals surface area contributed by atoms with Crippen LogP contribution in [0.1, 0.15) is 53.4 Å². The lowest BCUT2D eigenvalue weighted by Crippen LogP contribution is -2.39. The van der Waals surface area contributed by atoms with Crippen LogP contribution in [0.2, 0.25) is 0 Å². The molecule has 1 N–H and O–H groups in total. The van der Waals surface area contributed by atoms with Gasteiger partial charge in [-0.05, 0) is 77.2 Å². The summed E-state index contributed by atoms with van der Waals surface area (Å²) in [5.74, 6) is 1.46. The van der Waals surface area contributed by atoms with Gasteiger partial charge in [-0.3, -0.25) is 14.2 Å². The number of amides is 1. The van der Waals surface area contributed by atoms with Gasteiger partial charge in [0.1, 0.15) is 12.3 Å². The van der Waals surface area contributed by atoms with Gasteiger partial charge < -0.3 is 19.9 Å². The zero-order chi connectivity index (χ0) is 26.1. The van der Waals surface area contributed by atoms with Crippen LogP contribution in [0, 0.1) is 5.92 Å². The SMILES string of the molecule is CCCN(CCC)CCC1CCN(c2ncc(-c3cccc(OC)c3)n(CC(=O)NC(C)C)c2=O)C1. The van der Waals surface area contributed by atoms with Crippen molar-refractivity contribution in [2.24, 2.45) is 5.92 Å². The Hall–Kier alpha value is -2.87. The second-order valence-corrected chi connectivity index (χ2v) is 10.0. The van der Waals surface area contributed by atoms with E-state index in [0.717, 1.165) is 51.1 Å². The average Bonchev–Trinajstić information content (AvgIpc) is 3.32. The van der Waals surface area contributed by atoms with Gasteiger partial charge in [0, 0.05) is 24.7 Å². The largest absolute Gasteiger partial charge is 0.497 e. The summed E-state index contributed by atoms with van der Waals surface area (Å²) in [5, 5.41) is 2.90. The van der Waals surface area contributed by atoms with Crippen LogP contribution in [-0.2, 0) is 11.3 Å². The van der Waals surface area contributed by atoms with Gasteiger partial charge in [-0.2, -0.15) is 0 Å². The van der Waals surface area contributed by atoms with Crippen LogP contribution in [0.25, 0.3) is 11.3 Å². The van der Waals surface area contributed by atoms with Crippen LogP contribution in [-0.4, -0.2) is 66.2 Å². The predicted octanol–water partition coefficient (Wildman–Crippen LogP) is 3.78. The van der Waals surface area contributed by atoms with Gasteiger partial charge in [-0.15, -0.1) is 0 Å². The van der Waals surface area contributed by atoms with E-state index in [1.807, 2.05) is 38.1 Å². The quantitative estimate of drug-likeness (QED) is 0.454. The van der Waals surface area contributed by atoms with Crippen molar-refractivity contribution in [2.75, 3.05) is 44.7 Å². The molecule has 1 saturated heterocycles. The maximum atomic E-state index is 13.7. The molecule has 3 rings (SSSR count). The molecular formula is C28H43N5O3. The van der Waals surface area contributed by atoms with E-state index in [9.17, 15) is 9.59 Å². The second-order valence-electron chi connectivity index (χ2n) is 10.0. The van der Waals surface area contributed by atoms with E-state index in [0.29, 0.717) is 23.2 Å². The fourth-order valence-corrected chi connectivity index (χ4v) is 4.97. The number of methoxy groups -OCH3 is 1. The number of nitrogens with zero attached hydrogens (tertiary/aromatic N) is 4. The summed E-state index contributed by atoms with van der Waals surface area (Å²) in [6.45, 7) is 13.2. The molecule has 198 valence electrons. The van der Waals surface area contributed by atoms with Crippen molar-refractivity contribution in [3.63, 3.8) is 0 Å². The maximum Gasteiger partial charge on any atom is 0.294 e. The van der Waals surface area contributed by atoms with Crippen molar-refractivity contribution in [1.29, 1.82) is 0 Å². The highest BCUT2D eigenvalue weighted by Crippen LogP contribution is 2.26. The standard InChI is InChI=1S/C28H43N5O3/c1-6-13-31(14-7-2)15-11-22-12-16-32(19-22)27-28(35)33(20-26(34)30-21(3)4)25(18-29-27)23-9-8-10-24(17-23)36-5/h8-10,17-18,21-22H,6-7,11-16,19-20H2,1-5H3,(H,30,34). The number of carbonyl (C=O) groups is 1. The molecule has 0 aliphatic carbocycles. The zero-order valence-electron chi connectivity index (χ0n) is 22.6. The Balaban J connectivity index is 1.84. The Labute approximate surface area is 215 Å². The van der Waals surface area contributed by atoms with Gasteiger partial charge >= 0.3 is 0 Å². The van der Waals surface area contributed by atoms with Gasteiger partial charge in [-0.1, -0.05) is 26.0 Å². The van der Waals surface area contributed by atoms with Gasteiger partial charge in [-0.25, -0.2) is 4.98 Å². The van der Waals surface area contributed by atoms with Gasteiger partial charge in [0.15, 0.2) is 5.82 Å². The molecule has 1 aliphatic rings. The lowest BCUT2D eigenvalue weighted by molar-refractivity contribution is -0.122. The first-order chi connectivity index (χ1) is 17.4. The van der Waals surface area contributed by atoms with Crippen molar-refractivity contribution >= 4 is 11.7 Å². The highest BCUT2D eigenvalue weighted by molar-refractivity contribution is 5.77. The predicted molar refractivity (Wildman–Crippen MR) is 146 cm³/mol. The van der Waals surface area contributed by atoms with Crippen LogP contribution in [0.3, 0.4) is 0 Å². The van der Waals surface area contributed by atoms with Gasteiger partial charge in [0.2, 0.25) is 5.91 Å². The Morgan fingerprint density at radius 1 is 1.22 bits per heavy atom. The molecule has 8 heteroatoms. The number of hydrogen-bond donors (Lipinski definition) is 1. The molecule has 0 spiro atoms. The van der Waals surface area contributed by atoms with Crippen molar-refractivity contribution in [3.05, 3.63) is 40.8 Å². The van der Waals surface area contributed by atoms with E-state index >= 15 is 0 Å². The number of rotatable bonds is 13. The van der Waals surface area contributed by atoms with Crippen molar-refractivity contribution in [1.82, 2.24) is 19.8 Å². The Morgan fingerprint density at radius 2 is 1.97 bits per heavy atom. The van der Waals surface area contributed by atoms with E-state index < -0.39 is 0 Å². The third-order valence-corrected chi connectivity index (χ3v) is 6.67. The molecule has 2 heterocycles. The minimum Gasteiger partial charge on any atom is -0.497 e. The van der Waals surface area contributed by atoms with Crippen LogP contribution in [0.15, 0.2) is 35.3 Å². The first-order valence-corrected chi connectivity index (χ1v) is 13.4. The van der Waals surface area contributed by atoms with Crippen LogP contribution in [0.5, 0.6) is 5.75 Å². The molecule has 1 fully saturated rings. The fourth-order valence-electron chi connectivity index (χ4n) is 4.97. The third kappa shape index (κ3) is 7.32. The number of ether oxygens (including phenoxy) is 1. The molecule has 1 amide bonds. The van der Waals surface area contributed by atoms with E-state index in [4.69, 9.17) is 4.74 Å². The zero-order valence-corrected chi connectivity index (χ0v) is 22.6. The Bertz CT molecular complexity index is 1050. The van der Waals surface area contributed by atoms with E-state index in [-0.39, 0.29) is 24.1 Å². The molecule has 1 aromatic carbocycles. The van der Waals surface area contributed by atoms with E-state index in [1.54, 1.807) is 17.9 Å². The summed E-state index contributed by atoms with van der Waals surface area (Å²) >= 11 is 0. The molecule has 1 unspecified atom stereocenters. The summed E-state index contributed by atoms with van der Waals surface area (Å²) in [5.41, 5.74) is 1.16. The number of anilines is 1.